The standard InChI is InChI=1S/C13H26N2O3/c1-2-4-13(5-7-14-11-13)12(17)15-6-3-9-18-10-8-16/h14,16H,2-11H2,1H3,(H,15,17). The van der Waals surface area contributed by atoms with Gasteiger partial charge in [-0.2, -0.15) is 0 Å². The van der Waals surface area contributed by atoms with Crippen molar-refractivity contribution < 1.29 is 14.6 Å². The molecule has 1 saturated heterocycles. The lowest BCUT2D eigenvalue weighted by atomic mass is 9.81. The third-order valence-electron chi connectivity index (χ3n) is 3.44. The Kier molecular flexibility index (Phi) is 7.23. The van der Waals surface area contributed by atoms with Crippen molar-refractivity contribution in [1.29, 1.82) is 0 Å². The van der Waals surface area contributed by atoms with Crippen LogP contribution < -0.4 is 10.6 Å². The number of rotatable bonds is 9. The highest BCUT2D eigenvalue weighted by Gasteiger charge is 2.39. The lowest BCUT2D eigenvalue weighted by molar-refractivity contribution is -0.130. The first-order valence-electron chi connectivity index (χ1n) is 6.93. The average Bonchev–Trinajstić information content (AvgIpc) is 2.83. The number of amides is 1. The molecule has 1 rings (SSSR count). The minimum absolute atomic E-state index is 0.0532. The summed E-state index contributed by atoms with van der Waals surface area (Å²) in [6, 6.07) is 0. The Morgan fingerprint density at radius 2 is 2.33 bits per heavy atom. The van der Waals surface area contributed by atoms with Gasteiger partial charge in [0.1, 0.15) is 0 Å². The first-order chi connectivity index (χ1) is 8.75. The van der Waals surface area contributed by atoms with Crippen molar-refractivity contribution in [1.82, 2.24) is 10.6 Å². The number of carbonyl (C=O) groups excluding carboxylic acids is 1. The molecule has 0 spiro atoms. The maximum atomic E-state index is 12.2. The van der Waals surface area contributed by atoms with Gasteiger partial charge in [-0.25, -0.2) is 0 Å². The fraction of sp³-hybridized carbons (Fsp3) is 0.923. The summed E-state index contributed by atoms with van der Waals surface area (Å²) in [6.07, 6.45) is 3.72. The third kappa shape index (κ3) is 4.55. The fourth-order valence-electron chi connectivity index (χ4n) is 2.47. The molecular formula is C13H26N2O3. The Hall–Kier alpha value is -0.650. The van der Waals surface area contributed by atoms with E-state index in [0.29, 0.717) is 19.8 Å². The Bertz CT molecular complexity index is 240. The number of ether oxygens (including phenoxy) is 1. The van der Waals surface area contributed by atoms with Gasteiger partial charge in [-0.05, 0) is 25.8 Å². The van der Waals surface area contributed by atoms with Crippen molar-refractivity contribution in [3.05, 3.63) is 0 Å². The van der Waals surface area contributed by atoms with Crippen LogP contribution in [-0.4, -0.2) is 50.5 Å². The zero-order valence-electron chi connectivity index (χ0n) is 11.3. The van der Waals surface area contributed by atoms with E-state index in [1.54, 1.807) is 0 Å². The lowest BCUT2D eigenvalue weighted by Crippen LogP contribution is -2.43. The summed E-state index contributed by atoms with van der Waals surface area (Å²) in [5.41, 5.74) is -0.194. The van der Waals surface area contributed by atoms with E-state index in [0.717, 1.165) is 38.8 Å². The highest BCUT2D eigenvalue weighted by atomic mass is 16.5. The monoisotopic (exact) mass is 258 g/mol. The van der Waals surface area contributed by atoms with Crippen molar-refractivity contribution >= 4 is 5.91 Å². The van der Waals surface area contributed by atoms with Crippen molar-refractivity contribution in [2.24, 2.45) is 5.41 Å². The molecule has 0 aromatic rings. The van der Waals surface area contributed by atoms with Gasteiger partial charge in [0, 0.05) is 19.7 Å². The van der Waals surface area contributed by atoms with Crippen molar-refractivity contribution in [2.45, 2.75) is 32.6 Å². The van der Waals surface area contributed by atoms with Crippen LogP contribution in [0.25, 0.3) is 0 Å². The van der Waals surface area contributed by atoms with Gasteiger partial charge in [-0.3, -0.25) is 4.79 Å². The normalized spacial score (nSPS) is 23.2. The minimum atomic E-state index is -0.194. The van der Waals surface area contributed by atoms with Gasteiger partial charge >= 0.3 is 0 Å². The smallest absolute Gasteiger partial charge is 0.227 e. The van der Waals surface area contributed by atoms with Crippen LogP contribution in [0.1, 0.15) is 32.6 Å². The number of carbonyl (C=O) groups is 1. The Balaban J connectivity index is 2.21. The number of nitrogens with one attached hydrogen (secondary N) is 2. The van der Waals surface area contributed by atoms with E-state index in [-0.39, 0.29) is 17.9 Å². The highest BCUT2D eigenvalue weighted by molar-refractivity contribution is 5.83. The first kappa shape index (κ1) is 15.4. The van der Waals surface area contributed by atoms with Crippen molar-refractivity contribution in [3.8, 4) is 0 Å². The largest absolute Gasteiger partial charge is 0.394 e. The maximum Gasteiger partial charge on any atom is 0.227 e. The fourth-order valence-corrected chi connectivity index (χ4v) is 2.47. The second-order valence-corrected chi connectivity index (χ2v) is 4.90. The molecule has 1 aliphatic rings. The van der Waals surface area contributed by atoms with Gasteiger partial charge in [-0.15, -0.1) is 0 Å². The maximum absolute atomic E-state index is 12.2. The van der Waals surface area contributed by atoms with E-state index in [1.807, 2.05) is 0 Å². The lowest BCUT2D eigenvalue weighted by Gasteiger charge is -2.26. The molecule has 0 radical (unpaired) electrons. The van der Waals surface area contributed by atoms with Crippen LogP contribution in [-0.2, 0) is 9.53 Å². The molecule has 1 heterocycles. The quantitative estimate of drug-likeness (QED) is 0.520. The summed E-state index contributed by atoms with van der Waals surface area (Å²) >= 11 is 0. The zero-order valence-corrected chi connectivity index (χ0v) is 11.3. The number of hydrogen-bond acceptors (Lipinski definition) is 4. The number of aliphatic hydroxyl groups excluding tert-OH is 1. The molecule has 18 heavy (non-hydrogen) atoms. The van der Waals surface area contributed by atoms with Gasteiger partial charge in [0.25, 0.3) is 0 Å². The van der Waals surface area contributed by atoms with Crippen LogP contribution in [0.15, 0.2) is 0 Å². The summed E-state index contributed by atoms with van der Waals surface area (Å²) in [7, 11) is 0. The molecule has 1 unspecified atom stereocenters. The summed E-state index contributed by atoms with van der Waals surface area (Å²) in [5.74, 6) is 0.177. The van der Waals surface area contributed by atoms with Gasteiger partial charge in [0.2, 0.25) is 5.91 Å². The van der Waals surface area contributed by atoms with Gasteiger partial charge in [0.15, 0.2) is 0 Å². The molecule has 5 nitrogen and oxygen atoms in total. The van der Waals surface area contributed by atoms with E-state index < -0.39 is 0 Å². The molecule has 106 valence electrons. The van der Waals surface area contributed by atoms with E-state index in [1.165, 1.54) is 0 Å². The molecule has 3 N–H and O–H groups in total. The van der Waals surface area contributed by atoms with Crippen molar-refractivity contribution in [3.63, 3.8) is 0 Å². The molecule has 0 bridgehead atoms. The van der Waals surface area contributed by atoms with Crippen LogP contribution in [0.3, 0.4) is 0 Å². The third-order valence-corrected chi connectivity index (χ3v) is 3.44. The molecule has 0 saturated carbocycles. The van der Waals surface area contributed by atoms with Crippen LogP contribution in [0, 0.1) is 5.41 Å². The topological polar surface area (TPSA) is 70.6 Å². The van der Waals surface area contributed by atoms with Crippen LogP contribution in [0.4, 0.5) is 0 Å². The second kappa shape index (κ2) is 8.45. The van der Waals surface area contributed by atoms with Crippen LogP contribution in [0.5, 0.6) is 0 Å². The van der Waals surface area contributed by atoms with Gasteiger partial charge in [0.05, 0.1) is 18.6 Å². The van der Waals surface area contributed by atoms with Crippen LogP contribution >= 0.6 is 0 Å². The molecule has 5 heteroatoms. The molecule has 1 fully saturated rings. The van der Waals surface area contributed by atoms with Crippen LogP contribution in [0.2, 0.25) is 0 Å². The summed E-state index contributed by atoms with van der Waals surface area (Å²) in [6.45, 7) is 5.52. The minimum Gasteiger partial charge on any atom is -0.394 e. The predicted octanol–water partition coefficient (Wildman–Crippen LogP) is 0.281. The molecule has 1 amide bonds. The first-order valence-corrected chi connectivity index (χ1v) is 6.93. The molecule has 0 aromatic carbocycles. The zero-order chi connectivity index (χ0) is 13.3. The van der Waals surface area contributed by atoms with Gasteiger partial charge < -0.3 is 20.5 Å². The summed E-state index contributed by atoms with van der Waals surface area (Å²) in [4.78, 5) is 12.2. The number of aliphatic hydroxyl groups is 1. The van der Waals surface area contributed by atoms with E-state index in [4.69, 9.17) is 9.84 Å². The molecule has 0 aliphatic carbocycles. The Morgan fingerprint density at radius 3 is 2.94 bits per heavy atom. The Labute approximate surface area is 109 Å². The Morgan fingerprint density at radius 1 is 1.50 bits per heavy atom. The predicted molar refractivity (Wildman–Crippen MR) is 70.4 cm³/mol. The highest BCUT2D eigenvalue weighted by Crippen LogP contribution is 2.31. The second-order valence-electron chi connectivity index (χ2n) is 4.90. The SMILES string of the molecule is CCCC1(C(=O)NCCCOCCO)CCNC1. The van der Waals surface area contributed by atoms with E-state index in [2.05, 4.69) is 17.6 Å². The molecule has 0 aromatic heterocycles. The molecular weight excluding hydrogens is 232 g/mol. The van der Waals surface area contributed by atoms with E-state index >= 15 is 0 Å². The van der Waals surface area contributed by atoms with Gasteiger partial charge in [-0.1, -0.05) is 13.3 Å². The number of hydrogen-bond donors (Lipinski definition) is 3. The average molecular weight is 258 g/mol. The molecule has 1 atom stereocenters. The van der Waals surface area contributed by atoms with Crippen molar-refractivity contribution in [2.75, 3.05) is 39.5 Å². The summed E-state index contributed by atoms with van der Waals surface area (Å²) < 4.78 is 5.15. The molecule has 1 aliphatic heterocycles. The van der Waals surface area contributed by atoms with E-state index in [9.17, 15) is 4.79 Å². The summed E-state index contributed by atoms with van der Waals surface area (Å²) in [5, 5.41) is 14.8.